The summed E-state index contributed by atoms with van der Waals surface area (Å²) in [6.07, 6.45) is -1.83. The van der Waals surface area contributed by atoms with Crippen LogP contribution in [0.15, 0.2) is 36.4 Å². The second kappa shape index (κ2) is 10.4. The van der Waals surface area contributed by atoms with E-state index < -0.39 is 29.2 Å². The van der Waals surface area contributed by atoms with E-state index in [9.17, 15) is 13.6 Å². The zero-order valence-corrected chi connectivity index (χ0v) is 17.7. The summed E-state index contributed by atoms with van der Waals surface area (Å²) in [5, 5.41) is 7.40. The molecule has 0 saturated carbocycles. The molecule has 1 atom stereocenters. The second-order valence-corrected chi connectivity index (χ2v) is 7.18. The quantitative estimate of drug-likeness (QED) is 0.346. The predicted octanol–water partition coefficient (Wildman–Crippen LogP) is 4.30. The van der Waals surface area contributed by atoms with Crippen LogP contribution in [-0.2, 0) is 16.1 Å². The van der Waals surface area contributed by atoms with E-state index in [2.05, 4.69) is 0 Å². The Hall–Kier alpha value is -2.71. The van der Waals surface area contributed by atoms with E-state index in [4.69, 9.17) is 32.4 Å². The first-order valence-electron chi connectivity index (χ1n) is 9.31. The van der Waals surface area contributed by atoms with Gasteiger partial charge in [0.25, 0.3) is 5.91 Å². The molecule has 0 aliphatic rings. The molecular weight excluding hydrogens is 416 g/mol. The number of hydrogen-bond acceptors (Lipinski definition) is 4. The first kappa shape index (κ1) is 23.6. The zero-order chi connectivity index (χ0) is 22.4. The summed E-state index contributed by atoms with van der Waals surface area (Å²) < 4.78 is 40.8. The Balaban J connectivity index is 2.26. The van der Waals surface area contributed by atoms with Gasteiger partial charge in [0, 0.05) is 36.1 Å². The highest BCUT2D eigenvalue weighted by atomic mass is 35.5. The molecule has 30 heavy (non-hydrogen) atoms. The summed E-state index contributed by atoms with van der Waals surface area (Å²) in [6.45, 7) is 5.05. The van der Waals surface area contributed by atoms with Crippen LogP contribution in [0.3, 0.4) is 0 Å². The summed E-state index contributed by atoms with van der Waals surface area (Å²) in [5.74, 6) is -2.82. The second-order valence-electron chi connectivity index (χ2n) is 6.77. The van der Waals surface area contributed by atoms with Crippen LogP contribution in [0, 0.1) is 17.0 Å². The van der Waals surface area contributed by atoms with Crippen molar-refractivity contribution < 1.29 is 23.0 Å². The SMILES string of the molecule is CCOC(C(=O)N(Cl)Cc1ccc(C(=N)N)cc1)c1c(F)cc(OC(C)C)cc1F. The number of carbonyl (C=O) groups is 1. The summed E-state index contributed by atoms with van der Waals surface area (Å²) in [7, 11) is 0. The minimum Gasteiger partial charge on any atom is -0.491 e. The molecule has 162 valence electrons. The van der Waals surface area contributed by atoms with Gasteiger partial charge >= 0.3 is 0 Å². The van der Waals surface area contributed by atoms with Crippen LogP contribution >= 0.6 is 11.8 Å². The van der Waals surface area contributed by atoms with Gasteiger partial charge < -0.3 is 15.2 Å². The fourth-order valence-electron chi connectivity index (χ4n) is 2.75. The van der Waals surface area contributed by atoms with Crippen LogP contribution in [0.2, 0.25) is 0 Å². The number of amidine groups is 1. The predicted molar refractivity (Wildman–Crippen MR) is 110 cm³/mol. The van der Waals surface area contributed by atoms with Crippen molar-refractivity contribution in [2.45, 2.75) is 39.5 Å². The van der Waals surface area contributed by atoms with E-state index in [-0.39, 0.29) is 30.8 Å². The monoisotopic (exact) mass is 439 g/mol. The maximum absolute atomic E-state index is 14.7. The number of nitrogens with one attached hydrogen (secondary N) is 1. The van der Waals surface area contributed by atoms with Gasteiger partial charge in [0.1, 0.15) is 23.2 Å². The zero-order valence-electron chi connectivity index (χ0n) is 16.9. The maximum atomic E-state index is 14.7. The average Bonchev–Trinajstić information content (AvgIpc) is 2.66. The molecule has 3 N–H and O–H groups in total. The Morgan fingerprint density at radius 3 is 2.23 bits per heavy atom. The molecule has 6 nitrogen and oxygen atoms in total. The molecule has 1 amide bonds. The van der Waals surface area contributed by atoms with E-state index in [1.807, 2.05) is 0 Å². The maximum Gasteiger partial charge on any atom is 0.271 e. The van der Waals surface area contributed by atoms with Gasteiger partial charge in [-0.05, 0) is 26.3 Å². The number of carbonyl (C=O) groups excluding carboxylic acids is 1. The highest BCUT2D eigenvalue weighted by Crippen LogP contribution is 2.30. The molecule has 0 saturated heterocycles. The molecule has 2 rings (SSSR count). The molecule has 0 spiro atoms. The molecule has 0 aliphatic carbocycles. The first-order valence-corrected chi connectivity index (χ1v) is 9.65. The third-order valence-electron chi connectivity index (χ3n) is 4.07. The Kier molecular flexibility index (Phi) is 8.14. The van der Waals surface area contributed by atoms with Crippen molar-refractivity contribution in [1.82, 2.24) is 4.42 Å². The van der Waals surface area contributed by atoms with Crippen molar-refractivity contribution in [2.75, 3.05) is 6.61 Å². The molecule has 0 aliphatic heterocycles. The van der Waals surface area contributed by atoms with Crippen molar-refractivity contribution in [3.05, 3.63) is 64.7 Å². The highest BCUT2D eigenvalue weighted by molar-refractivity contribution is 6.21. The molecule has 2 aromatic carbocycles. The minimum absolute atomic E-state index is 0.0136. The Morgan fingerprint density at radius 1 is 1.20 bits per heavy atom. The van der Waals surface area contributed by atoms with Crippen LogP contribution in [-0.4, -0.2) is 28.9 Å². The normalized spacial score (nSPS) is 12.0. The molecule has 0 bridgehead atoms. The standard InChI is InChI=1S/C21H24ClF2N3O3/c1-4-29-19(18-16(23)9-15(10-17(18)24)30-12(2)3)21(28)27(22)11-13-5-7-14(8-6-13)20(25)26/h5-10,12,19H,4,11H2,1-3H3,(H3,25,26). The lowest BCUT2D eigenvalue weighted by Gasteiger charge is -2.23. The third-order valence-corrected chi connectivity index (χ3v) is 4.36. The number of hydrogen-bond donors (Lipinski definition) is 2. The minimum atomic E-state index is -1.56. The van der Waals surface area contributed by atoms with Crippen LogP contribution in [0.1, 0.15) is 43.6 Å². The first-order chi connectivity index (χ1) is 14.1. The van der Waals surface area contributed by atoms with Gasteiger partial charge in [-0.1, -0.05) is 24.3 Å². The van der Waals surface area contributed by atoms with Crippen LogP contribution in [0.5, 0.6) is 5.75 Å². The Morgan fingerprint density at radius 2 is 1.77 bits per heavy atom. The molecule has 0 heterocycles. The third kappa shape index (κ3) is 5.90. The molecule has 1 unspecified atom stereocenters. The number of rotatable bonds is 9. The molecular formula is C21H24ClF2N3O3. The lowest BCUT2D eigenvalue weighted by atomic mass is 10.1. The number of nitrogens with two attached hydrogens (primary N) is 1. The number of ether oxygens (including phenoxy) is 2. The van der Waals surface area contributed by atoms with Gasteiger partial charge in [0.15, 0.2) is 6.10 Å². The van der Waals surface area contributed by atoms with Gasteiger partial charge in [-0.25, -0.2) is 13.2 Å². The number of benzene rings is 2. The molecule has 0 fully saturated rings. The fraction of sp³-hybridized carbons (Fsp3) is 0.333. The number of nitrogens with zero attached hydrogens (tertiary/aromatic N) is 1. The number of amides is 1. The average molecular weight is 440 g/mol. The Labute approximate surface area is 179 Å². The lowest BCUT2D eigenvalue weighted by molar-refractivity contribution is -0.139. The van der Waals surface area contributed by atoms with Crippen molar-refractivity contribution in [2.24, 2.45) is 5.73 Å². The van der Waals surface area contributed by atoms with Crippen LogP contribution in [0.4, 0.5) is 8.78 Å². The van der Waals surface area contributed by atoms with Gasteiger partial charge in [-0.3, -0.25) is 10.2 Å². The highest BCUT2D eigenvalue weighted by Gasteiger charge is 2.32. The Bertz CT molecular complexity index is 884. The smallest absolute Gasteiger partial charge is 0.271 e. The molecule has 2 aromatic rings. The largest absolute Gasteiger partial charge is 0.491 e. The fourth-order valence-corrected chi connectivity index (χ4v) is 2.98. The van der Waals surface area contributed by atoms with Crippen molar-refractivity contribution in [3.63, 3.8) is 0 Å². The molecule has 0 radical (unpaired) electrons. The van der Waals surface area contributed by atoms with Crippen molar-refractivity contribution in [1.29, 1.82) is 5.41 Å². The van der Waals surface area contributed by atoms with E-state index in [1.54, 1.807) is 45.0 Å². The van der Waals surface area contributed by atoms with E-state index in [0.29, 0.717) is 11.1 Å². The van der Waals surface area contributed by atoms with Crippen LogP contribution < -0.4 is 10.5 Å². The van der Waals surface area contributed by atoms with Crippen LogP contribution in [0.25, 0.3) is 0 Å². The van der Waals surface area contributed by atoms with Gasteiger partial charge in [0.2, 0.25) is 0 Å². The lowest BCUT2D eigenvalue weighted by Crippen LogP contribution is -2.30. The number of nitrogen functional groups attached to an aromatic ring is 1. The molecule has 0 aromatic heterocycles. The van der Waals surface area contributed by atoms with E-state index >= 15 is 0 Å². The van der Waals surface area contributed by atoms with Crippen molar-refractivity contribution >= 4 is 23.5 Å². The van der Waals surface area contributed by atoms with Gasteiger partial charge in [-0.2, -0.15) is 0 Å². The van der Waals surface area contributed by atoms with Crippen molar-refractivity contribution in [3.8, 4) is 5.75 Å². The van der Waals surface area contributed by atoms with Gasteiger partial charge in [-0.15, -0.1) is 0 Å². The summed E-state index contributed by atoms with van der Waals surface area (Å²) in [6, 6.07) is 8.54. The van der Waals surface area contributed by atoms with Gasteiger partial charge in [0.05, 0.1) is 18.2 Å². The molecule has 9 heteroatoms. The summed E-state index contributed by atoms with van der Waals surface area (Å²) in [4.78, 5) is 12.8. The number of halogens is 3. The van der Waals surface area contributed by atoms with E-state index in [1.165, 1.54) is 0 Å². The van der Waals surface area contributed by atoms with E-state index in [0.717, 1.165) is 16.6 Å². The summed E-state index contributed by atoms with van der Waals surface area (Å²) in [5.41, 5.74) is 6.04. The topological polar surface area (TPSA) is 88.6 Å². The summed E-state index contributed by atoms with van der Waals surface area (Å²) >= 11 is 6.12.